The zero-order chi connectivity index (χ0) is 8.97. The van der Waals surface area contributed by atoms with Gasteiger partial charge in [0.15, 0.2) is 0 Å². The van der Waals surface area contributed by atoms with Crippen LogP contribution >= 0.6 is 11.6 Å². The van der Waals surface area contributed by atoms with Crippen LogP contribution in [0.15, 0.2) is 11.1 Å². The zero-order valence-corrected chi connectivity index (χ0v) is 7.93. The van der Waals surface area contributed by atoms with Crippen LogP contribution in [0.4, 0.5) is 0 Å². The first kappa shape index (κ1) is 9.59. The lowest BCUT2D eigenvalue weighted by Crippen LogP contribution is -2.15. The highest BCUT2D eigenvalue weighted by molar-refractivity contribution is 6.30. The summed E-state index contributed by atoms with van der Waals surface area (Å²) >= 11 is 5.92. The molecule has 0 spiro atoms. The molecule has 0 saturated heterocycles. The molecule has 0 saturated carbocycles. The maximum atomic E-state index is 10.7. The summed E-state index contributed by atoms with van der Waals surface area (Å²) in [5.41, 5.74) is 0. The summed E-state index contributed by atoms with van der Waals surface area (Å²) < 4.78 is 5.04. The fraction of sp³-hybridized carbons (Fsp3) is 0.667. The molecule has 0 aromatic heterocycles. The Hall–Kier alpha value is -0.500. The lowest BCUT2D eigenvalue weighted by Gasteiger charge is -2.13. The van der Waals surface area contributed by atoms with Crippen molar-refractivity contribution in [3.05, 3.63) is 11.1 Å². The molecule has 0 aromatic rings. The number of hydrogen-bond acceptors (Lipinski definition) is 2. The summed E-state index contributed by atoms with van der Waals surface area (Å²) in [6.07, 6.45) is 5.82. The van der Waals surface area contributed by atoms with Gasteiger partial charge >= 0.3 is 5.97 Å². The lowest BCUT2D eigenvalue weighted by atomic mass is 10.2. The number of esters is 1. The maximum Gasteiger partial charge on any atom is 0.303 e. The van der Waals surface area contributed by atoms with Crippen molar-refractivity contribution in [2.24, 2.45) is 0 Å². The van der Waals surface area contributed by atoms with Gasteiger partial charge in [0.05, 0.1) is 5.03 Å². The van der Waals surface area contributed by atoms with Crippen LogP contribution < -0.4 is 0 Å². The molecule has 0 aliphatic heterocycles. The minimum atomic E-state index is -0.256. The second kappa shape index (κ2) is 4.51. The SMILES string of the molecule is CC(=O)OC1CCCCC=C1Cl. The minimum Gasteiger partial charge on any atom is -0.457 e. The maximum absolute atomic E-state index is 10.7. The molecule has 1 atom stereocenters. The van der Waals surface area contributed by atoms with Crippen LogP contribution in [0, 0.1) is 0 Å². The second-order valence-electron chi connectivity index (χ2n) is 2.97. The van der Waals surface area contributed by atoms with Crippen LogP contribution in [0.3, 0.4) is 0 Å². The van der Waals surface area contributed by atoms with Crippen molar-refractivity contribution in [1.82, 2.24) is 0 Å². The van der Waals surface area contributed by atoms with Crippen LogP contribution in [0.25, 0.3) is 0 Å². The number of ether oxygens (including phenoxy) is 1. The molecule has 0 heterocycles. The minimum absolute atomic E-state index is 0.188. The Kier molecular flexibility index (Phi) is 3.60. The first-order valence-electron chi connectivity index (χ1n) is 4.23. The van der Waals surface area contributed by atoms with E-state index in [1.807, 2.05) is 6.08 Å². The zero-order valence-electron chi connectivity index (χ0n) is 7.18. The van der Waals surface area contributed by atoms with Gasteiger partial charge in [0.25, 0.3) is 0 Å². The van der Waals surface area contributed by atoms with Gasteiger partial charge in [-0.15, -0.1) is 0 Å². The van der Waals surface area contributed by atoms with Gasteiger partial charge in [0.2, 0.25) is 0 Å². The summed E-state index contributed by atoms with van der Waals surface area (Å²) in [6.45, 7) is 1.41. The first-order valence-corrected chi connectivity index (χ1v) is 4.60. The van der Waals surface area contributed by atoms with Crippen molar-refractivity contribution < 1.29 is 9.53 Å². The molecule has 0 fully saturated rings. The fourth-order valence-corrected chi connectivity index (χ4v) is 1.56. The van der Waals surface area contributed by atoms with E-state index in [0.29, 0.717) is 5.03 Å². The molecule has 1 aliphatic rings. The molecule has 0 radical (unpaired) electrons. The van der Waals surface area contributed by atoms with Gasteiger partial charge in [0.1, 0.15) is 6.10 Å². The summed E-state index contributed by atoms with van der Waals surface area (Å²) in [5.74, 6) is -0.256. The quantitative estimate of drug-likeness (QED) is 0.592. The van der Waals surface area contributed by atoms with Gasteiger partial charge in [-0.25, -0.2) is 0 Å². The van der Waals surface area contributed by atoms with Crippen molar-refractivity contribution in [1.29, 1.82) is 0 Å². The Labute approximate surface area is 77.5 Å². The molecule has 2 nitrogen and oxygen atoms in total. The number of allylic oxidation sites excluding steroid dienone is 1. The Morgan fingerprint density at radius 3 is 3.08 bits per heavy atom. The smallest absolute Gasteiger partial charge is 0.303 e. The normalized spacial score (nSPS) is 24.2. The summed E-state index contributed by atoms with van der Waals surface area (Å²) in [5, 5.41) is 0.683. The number of carbonyl (C=O) groups excluding carboxylic acids is 1. The molecule has 0 aromatic carbocycles. The van der Waals surface area contributed by atoms with Crippen LogP contribution in [-0.4, -0.2) is 12.1 Å². The highest BCUT2D eigenvalue weighted by atomic mass is 35.5. The highest BCUT2D eigenvalue weighted by Crippen LogP contribution is 2.23. The molecule has 1 unspecified atom stereocenters. The van der Waals surface area contributed by atoms with E-state index in [4.69, 9.17) is 16.3 Å². The van der Waals surface area contributed by atoms with Crippen LogP contribution in [0.1, 0.15) is 32.6 Å². The monoisotopic (exact) mass is 188 g/mol. The Bertz CT molecular complexity index is 199. The van der Waals surface area contributed by atoms with E-state index in [2.05, 4.69) is 0 Å². The van der Waals surface area contributed by atoms with E-state index in [9.17, 15) is 4.79 Å². The van der Waals surface area contributed by atoms with Crippen LogP contribution in [0.5, 0.6) is 0 Å². The highest BCUT2D eigenvalue weighted by Gasteiger charge is 2.17. The molecular weight excluding hydrogens is 176 g/mol. The van der Waals surface area contributed by atoms with Crippen molar-refractivity contribution >= 4 is 17.6 Å². The predicted octanol–water partition coefficient (Wildman–Crippen LogP) is 2.61. The Morgan fingerprint density at radius 2 is 2.42 bits per heavy atom. The van der Waals surface area contributed by atoms with Gasteiger partial charge in [-0.2, -0.15) is 0 Å². The van der Waals surface area contributed by atoms with E-state index in [1.54, 1.807) is 0 Å². The summed E-state index contributed by atoms with van der Waals surface area (Å²) in [7, 11) is 0. The molecule has 1 rings (SSSR count). The van der Waals surface area contributed by atoms with Gasteiger partial charge in [0, 0.05) is 6.92 Å². The standard InChI is InChI=1S/C9H13ClO2/c1-7(11)12-9-6-4-2-3-5-8(9)10/h5,9H,2-4,6H2,1H3. The van der Waals surface area contributed by atoms with E-state index in [-0.39, 0.29) is 12.1 Å². The van der Waals surface area contributed by atoms with Crippen LogP contribution in [0.2, 0.25) is 0 Å². The average molecular weight is 189 g/mol. The van der Waals surface area contributed by atoms with Gasteiger partial charge in [-0.1, -0.05) is 17.7 Å². The average Bonchev–Trinajstić information content (AvgIpc) is 2.16. The molecule has 0 N–H and O–H groups in total. The molecule has 1 aliphatic carbocycles. The van der Waals surface area contributed by atoms with Crippen LogP contribution in [-0.2, 0) is 9.53 Å². The number of carbonyl (C=O) groups is 1. The molecule has 0 bridgehead atoms. The number of hydrogen-bond donors (Lipinski definition) is 0. The van der Waals surface area contributed by atoms with E-state index in [1.165, 1.54) is 6.92 Å². The molecule has 68 valence electrons. The molecule has 12 heavy (non-hydrogen) atoms. The third kappa shape index (κ3) is 2.86. The van der Waals surface area contributed by atoms with E-state index < -0.39 is 0 Å². The fourth-order valence-electron chi connectivity index (χ4n) is 1.30. The Morgan fingerprint density at radius 1 is 1.67 bits per heavy atom. The van der Waals surface area contributed by atoms with E-state index in [0.717, 1.165) is 25.7 Å². The van der Waals surface area contributed by atoms with Crippen molar-refractivity contribution in [3.63, 3.8) is 0 Å². The number of halogens is 1. The number of rotatable bonds is 1. The molecule has 3 heteroatoms. The first-order chi connectivity index (χ1) is 5.70. The van der Waals surface area contributed by atoms with E-state index >= 15 is 0 Å². The van der Waals surface area contributed by atoms with Gasteiger partial charge in [-0.05, 0) is 25.7 Å². The summed E-state index contributed by atoms with van der Waals surface area (Å²) in [6, 6.07) is 0. The molecular formula is C9H13ClO2. The molecule has 0 amide bonds. The third-order valence-corrected chi connectivity index (χ3v) is 2.27. The lowest BCUT2D eigenvalue weighted by molar-refractivity contribution is -0.144. The Balaban J connectivity index is 2.54. The van der Waals surface area contributed by atoms with Crippen molar-refractivity contribution in [2.75, 3.05) is 0 Å². The topological polar surface area (TPSA) is 26.3 Å². The largest absolute Gasteiger partial charge is 0.457 e. The van der Waals surface area contributed by atoms with Crippen molar-refractivity contribution in [3.8, 4) is 0 Å². The van der Waals surface area contributed by atoms with Gasteiger partial charge in [-0.3, -0.25) is 4.79 Å². The second-order valence-corrected chi connectivity index (χ2v) is 3.41. The van der Waals surface area contributed by atoms with Gasteiger partial charge < -0.3 is 4.74 Å². The third-order valence-electron chi connectivity index (χ3n) is 1.88. The van der Waals surface area contributed by atoms with Crippen molar-refractivity contribution in [2.45, 2.75) is 38.7 Å². The predicted molar refractivity (Wildman–Crippen MR) is 48.0 cm³/mol. The summed E-state index contributed by atoms with van der Waals surface area (Å²) in [4.78, 5) is 10.7.